The van der Waals surface area contributed by atoms with Crippen LogP contribution in [0.5, 0.6) is 0 Å². The summed E-state index contributed by atoms with van der Waals surface area (Å²) in [5.74, 6) is 0.208. The maximum absolute atomic E-state index is 16.9. The first-order valence-electron chi connectivity index (χ1n) is 40.7. The van der Waals surface area contributed by atoms with Gasteiger partial charge in [-0.1, -0.05) is 142 Å². The molecule has 0 radical (unpaired) electrons. The highest BCUT2D eigenvalue weighted by Gasteiger charge is 2.58. The van der Waals surface area contributed by atoms with Gasteiger partial charge in [-0.15, -0.1) is 0 Å². The highest BCUT2D eigenvalue weighted by atomic mass is 33.4. The Bertz CT molecular complexity index is 4770. The first-order chi connectivity index (χ1) is 54.0. The average Bonchev–Trinajstić information content (AvgIpc) is 0.707. The molecule has 0 saturated carbocycles. The molecule has 0 aromatic heterocycles. The van der Waals surface area contributed by atoms with Gasteiger partial charge in [-0.3, -0.25) is 38.8 Å². The molecule has 5 fully saturated rings. The average molecular weight is 1700 g/mol. The number of anilines is 8. The number of carbonyl (C=O) groups excluding carboxylic acids is 4. The minimum Gasteiger partial charge on any atom is -0.322 e. The molecule has 0 unspecified atom stereocenters. The van der Waals surface area contributed by atoms with Crippen molar-refractivity contribution < 1.29 is 19.2 Å². The van der Waals surface area contributed by atoms with Crippen molar-refractivity contribution in [3.05, 3.63) is 231 Å². The Balaban J connectivity index is 1.30. The number of carbonyl (C=O) groups is 4. The fourth-order valence-corrected chi connectivity index (χ4v) is 113. The van der Waals surface area contributed by atoms with Crippen LogP contribution in [-0.4, -0.2) is 72.0 Å². The van der Waals surface area contributed by atoms with E-state index in [1.54, 1.807) is 0 Å². The van der Waals surface area contributed by atoms with E-state index in [2.05, 4.69) is 358 Å². The fraction of sp³-hybridized carbons (Fsp3) is 0.417. The van der Waals surface area contributed by atoms with Crippen molar-refractivity contribution >= 4 is 151 Å². The van der Waals surface area contributed by atoms with Crippen LogP contribution in [0.1, 0.15) is 189 Å². The van der Waals surface area contributed by atoms with Crippen LogP contribution in [0.2, 0.25) is 0 Å². The lowest BCUT2D eigenvalue weighted by Gasteiger charge is -2.53. The summed E-state index contributed by atoms with van der Waals surface area (Å²) in [5.41, 5.74) is 35.0. The summed E-state index contributed by atoms with van der Waals surface area (Å²) >= 11 is 0. The van der Waals surface area contributed by atoms with Gasteiger partial charge in [0.25, 0.3) is 0 Å². The number of rotatable bonds is 12. The van der Waals surface area contributed by atoms with Gasteiger partial charge in [-0.2, -0.15) is 0 Å². The molecule has 12 nitrogen and oxygen atoms in total. The molecule has 20 heteroatoms. The molecule has 0 aliphatic carbocycles. The van der Waals surface area contributed by atoms with Crippen LogP contribution in [-0.2, 0) is 19.2 Å². The summed E-state index contributed by atoms with van der Waals surface area (Å²) in [5, 5.41) is 0. The molecular formula is C96H120N8O4P8. The molecule has 0 N–H and O–H groups in total. The molecule has 0 bridgehead atoms. The number of benzene rings is 8. The third kappa shape index (κ3) is 15.7. The van der Waals surface area contributed by atoms with Gasteiger partial charge in [0.05, 0.1) is 44.4 Å². The van der Waals surface area contributed by atoms with E-state index in [0.29, 0.717) is 26.2 Å². The Morgan fingerprint density at radius 3 is 0.440 bits per heavy atom. The standard InChI is InChI=1S/C96H120N8O4P8/c1-53-33-61(9)77(62(10)34-53)97-49-93(25,26)85(105)101(81-69(17)41-57(5)42-70(81)18)89(97)109-113-114(110-90-98(78-63(11)35-54(2)36-64(78)12)50-94(27,28)86(106)102(90)82-71(19)43-58(6)44-72(82)20)116(112-92-100(80-67(15)39-56(4)40-68(80)16)52-96(31,32)88(108)104(92)84-75(23)47-60(8)48-76(84)24)115(113)111-91-99(79-65(13)37-55(3)38-66(79)14)51-95(29,30)87(107)103(91)83-73(21)45-59(7)46-74(83)22/h33-48H,49-52H2,1-32H3. The van der Waals surface area contributed by atoms with Gasteiger partial charge >= 0.3 is 0 Å². The molecule has 8 aromatic carbocycles. The van der Waals surface area contributed by atoms with Gasteiger partial charge < -0.3 is 19.6 Å². The zero-order chi connectivity index (χ0) is 85.0. The van der Waals surface area contributed by atoms with Crippen LogP contribution in [0.3, 0.4) is 0 Å². The van der Waals surface area contributed by atoms with E-state index in [4.69, 9.17) is 0 Å². The molecule has 5 aliphatic heterocycles. The van der Waals surface area contributed by atoms with Crippen LogP contribution >= 0.6 is 59.5 Å². The molecule has 0 atom stereocenters. The smallest absolute Gasteiger partial charge is 0.240 e. The van der Waals surface area contributed by atoms with Gasteiger partial charge in [0, 0.05) is 76.9 Å². The largest absolute Gasteiger partial charge is 0.322 e. The van der Waals surface area contributed by atoms with Crippen LogP contribution in [0.4, 0.5) is 45.5 Å². The van der Waals surface area contributed by atoms with Crippen LogP contribution < -0.4 is 39.2 Å². The predicted molar refractivity (Wildman–Crippen MR) is 515 cm³/mol. The first kappa shape index (κ1) is 87.1. The van der Waals surface area contributed by atoms with Gasteiger partial charge in [-0.05, 0) is 342 Å². The molecule has 5 heterocycles. The summed E-state index contributed by atoms with van der Waals surface area (Å²) in [4.78, 5) is 86.7. The first-order valence-corrected chi connectivity index (χ1v) is 55.3. The maximum atomic E-state index is 16.9. The Morgan fingerprint density at radius 1 is 0.207 bits per heavy atom. The number of hydrogen-bond donors (Lipinski definition) is 0. The molecular weight excluding hydrogens is 1580 g/mol. The zero-order valence-electron chi connectivity index (χ0n) is 74.9. The Hall–Kier alpha value is -6.76. The topological polar surface area (TPSA) is 94.2 Å². The van der Waals surface area contributed by atoms with E-state index >= 15 is 19.2 Å². The highest BCUT2D eigenvalue weighted by molar-refractivity contribution is 9.36. The zero-order valence-corrected chi connectivity index (χ0v) is 82.0. The monoisotopic (exact) mass is 1700 g/mol. The minimum absolute atomic E-state index is 0.0520. The van der Waals surface area contributed by atoms with Crippen LogP contribution in [0.25, 0.3) is 0 Å². The molecule has 116 heavy (non-hydrogen) atoms. The lowest BCUT2D eigenvalue weighted by atomic mass is 9.87. The molecule has 4 amide bonds. The number of amides is 4. The van der Waals surface area contributed by atoms with E-state index in [0.717, 1.165) is 211 Å². The number of hydrogen-bond acceptors (Lipinski definition) is 4. The van der Waals surface area contributed by atoms with Crippen molar-refractivity contribution in [2.24, 2.45) is 21.7 Å². The SMILES string of the molecule is Cc1cc(C)c(N2CC(C)(C)C(=O)N(c3c(C)cc(C)cc3C)C2=PP2P(P=C3N(c4c(C)cc(C)cc4C)CC(C)(C)C(=O)N3c3c(C)cc(C)cc3C)P(P=C3N(c4c(C)cc(C)cc4C)CC(C)(C)C(=O)N3c3c(C)cc(C)cc3C)P2P=C2N(c3c(C)cc(C)cc3C)CC(C)(C)C(=O)N2c2c(C)cc(C)cc2C)c(C)c1. The van der Waals surface area contributed by atoms with Gasteiger partial charge in [0.1, 0.15) is 22.2 Å². The Morgan fingerprint density at radius 2 is 0.319 bits per heavy atom. The quantitative estimate of drug-likeness (QED) is 0.112. The third-order valence-corrected chi connectivity index (χ3v) is 88.7. The maximum Gasteiger partial charge on any atom is 0.240 e. The van der Waals surface area contributed by atoms with Crippen molar-refractivity contribution in [1.82, 2.24) is 0 Å². The van der Waals surface area contributed by atoms with E-state index in [1.165, 1.54) is 22.3 Å². The summed E-state index contributed by atoms with van der Waals surface area (Å²) in [6, 6.07) is 36.4. The Kier molecular flexibility index (Phi) is 24.0. The van der Waals surface area contributed by atoms with Crippen molar-refractivity contribution in [2.75, 3.05) is 65.4 Å². The van der Waals surface area contributed by atoms with Gasteiger partial charge in [0.15, 0.2) is 0 Å². The molecule has 608 valence electrons. The van der Waals surface area contributed by atoms with Gasteiger partial charge in [0.2, 0.25) is 23.6 Å². The van der Waals surface area contributed by atoms with E-state index < -0.39 is 49.6 Å². The highest BCUT2D eigenvalue weighted by Crippen LogP contribution is 3.31. The summed E-state index contributed by atoms with van der Waals surface area (Å²) in [7, 11) is 4.03. The second-order valence-electron chi connectivity index (χ2n) is 37.1. The van der Waals surface area contributed by atoms with E-state index in [-0.39, 0.29) is 23.6 Å². The van der Waals surface area contributed by atoms with Crippen LogP contribution in [0.15, 0.2) is 97.1 Å². The summed E-state index contributed by atoms with van der Waals surface area (Å²) < 4.78 is 0. The lowest BCUT2D eigenvalue weighted by molar-refractivity contribution is -0.126. The normalized spacial score (nSPS) is 21.6. The minimum atomic E-state index is -1.39. The fourth-order valence-electron chi connectivity index (χ4n) is 19.5. The number of nitrogens with zero attached hydrogens (tertiary/aromatic N) is 8. The summed E-state index contributed by atoms with van der Waals surface area (Å²) in [6.07, 6.45) is 0. The summed E-state index contributed by atoms with van der Waals surface area (Å²) in [6.45, 7) is 66.1. The Labute approximate surface area is 704 Å². The second kappa shape index (κ2) is 32.0. The van der Waals surface area contributed by atoms with Gasteiger partial charge in [-0.25, -0.2) is 0 Å². The molecule has 5 aliphatic rings. The van der Waals surface area contributed by atoms with Crippen LogP contribution in [0, 0.1) is 188 Å². The number of aryl methyl sites for hydroxylation is 24. The molecule has 13 rings (SSSR count). The van der Waals surface area contributed by atoms with E-state index in [9.17, 15) is 0 Å². The van der Waals surface area contributed by atoms with Crippen molar-refractivity contribution in [2.45, 2.75) is 222 Å². The molecule has 8 aromatic rings. The second-order valence-corrected chi connectivity index (χ2v) is 69.8. The van der Waals surface area contributed by atoms with Crippen molar-refractivity contribution in [3.63, 3.8) is 0 Å². The third-order valence-electron chi connectivity index (χ3n) is 23.5. The van der Waals surface area contributed by atoms with E-state index in [1.807, 2.05) is 0 Å². The molecule has 0 spiro atoms. The van der Waals surface area contributed by atoms with Crippen molar-refractivity contribution in [1.29, 1.82) is 0 Å². The predicted octanol–water partition coefficient (Wildman–Crippen LogP) is 27.1. The van der Waals surface area contributed by atoms with Crippen molar-refractivity contribution in [3.8, 4) is 0 Å². The molecule has 5 saturated heterocycles. The lowest BCUT2D eigenvalue weighted by Crippen LogP contribution is -2.61.